The predicted octanol–water partition coefficient (Wildman–Crippen LogP) is -0.653. The normalized spacial score (nSPS) is 20.2. The summed E-state index contributed by atoms with van der Waals surface area (Å²) < 4.78 is 27.2. The van der Waals surface area contributed by atoms with Crippen LogP contribution in [0.5, 0.6) is 5.75 Å². The van der Waals surface area contributed by atoms with Crippen LogP contribution in [-0.2, 0) is 42.9 Å². The first-order chi connectivity index (χ1) is 28.9. The van der Waals surface area contributed by atoms with Crippen molar-refractivity contribution in [3.8, 4) is 5.75 Å². The van der Waals surface area contributed by atoms with Crippen molar-refractivity contribution in [3.63, 3.8) is 0 Å². The Morgan fingerprint density at radius 2 is 1.45 bits per heavy atom. The van der Waals surface area contributed by atoms with Crippen LogP contribution >= 0.6 is 0 Å². The van der Waals surface area contributed by atoms with E-state index >= 15 is 0 Å². The molecule has 1 aliphatic rings. The molecule has 22 nitrogen and oxygen atoms in total. The van der Waals surface area contributed by atoms with E-state index in [0.29, 0.717) is 5.69 Å². The molecule has 8 atom stereocenters. The van der Waals surface area contributed by atoms with Crippen LogP contribution in [0.15, 0.2) is 18.2 Å². The van der Waals surface area contributed by atoms with Crippen molar-refractivity contribution in [2.45, 2.75) is 130 Å². The van der Waals surface area contributed by atoms with Crippen LogP contribution in [0.1, 0.15) is 85.5 Å². The number of hydrogen-bond acceptors (Lipinski definition) is 15. The SMILES string of the molecule is COc1ccc(NC(C)=O)cc1C(=O)NNC(=O)[C@@H](NC(=O)CCOC[C@H]1OC(OCCCNC(=O)[C@@H](NC(=O)[C@H](C)NC(=O)OC(C)(C)C)C(C)C)[C@H](O)[C@@H](O)[C@@H]1O)C(C)C. The highest BCUT2D eigenvalue weighted by molar-refractivity contribution is 6.00. The molecule has 1 fully saturated rings. The number of carbonyl (C=O) groups is 7. The molecular formula is C40H65N7O15. The zero-order chi connectivity index (χ0) is 46.9. The lowest BCUT2D eigenvalue weighted by molar-refractivity contribution is -0.302. The monoisotopic (exact) mass is 883 g/mol. The maximum Gasteiger partial charge on any atom is 0.408 e. The summed E-state index contributed by atoms with van der Waals surface area (Å²) >= 11 is 0. The summed E-state index contributed by atoms with van der Waals surface area (Å²) in [6, 6.07) is 1.41. The molecule has 22 heteroatoms. The molecule has 0 saturated carbocycles. The van der Waals surface area contributed by atoms with Gasteiger partial charge < -0.3 is 65.6 Å². The van der Waals surface area contributed by atoms with Gasteiger partial charge >= 0.3 is 6.09 Å². The molecule has 10 N–H and O–H groups in total. The summed E-state index contributed by atoms with van der Waals surface area (Å²) in [5.41, 5.74) is 4.16. The van der Waals surface area contributed by atoms with Crippen molar-refractivity contribution in [2.75, 3.05) is 38.8 Å². The molecule has 0 aromatic heterocycles. The van der Waals surface area contributed by atoms with Crippen molar-refractivity contribution >= 4 is 47.2 Å². The molecule has 0 spiro atoms. The average molecular weight is 884 g/mol. The minimum absolute atomic E-state index is 0.0263. The van der Waals surface area contributed by atoms with E-state index in [4.69, 9.17) is 23.7 Å². The molecule has 7 amide bonds. The second kappa shape index (κ2) is 25.1. The van der Waals surface area contributed by atoms with Gasteiger partial charge in [0.05, 0.1) is 32.5 Å². The first-order valence-electron chi connectivity index (χ1n) is 20.3. The van der Waals surface area contributed by atoms with Crippen LogP contribution in [0, 0.1) is 11.8 Å². The molecule has 1 aliphatic heterocycles. The number of amides is 7. The van der Waals surface area contributed by atoms with Crippen LogP contribution in [0.4, 0.5) is 10.5 Å². The maximum atomic E-state index is 13.0. The lowest BCUT2D eigenvalue weighted by Crippen LogP contribution is -2.59. The summed E-state index contributed by atoms with van der Waals surface area (Å²) in [7, 11) is 1.35. The number of rotatable bonds is 21. The number of benzene rings is 1. The smallest absolute Gasteiger partial charge is 0.408 e. The zero-order valence-corrected chi connectivity index (χ0v) is 37.0. The number of anilines is 1. The second-order valence-corrected chi connectivity index (χ2v) is 16.3. The third-order valence-corrected chi connectivity index (χ3v) is 9.03. The topological polar surface area (TPSA) is 311 Å². The Morgan fingerprint density at radius 1 is 0.806 bits per heavy atom. The Morgan fingerprint density at radius 3 is 2.05 bits per heavy atom. The number of aliphatic hydroxyl groups is 3. The number of methoxy groups -OCH3 is 1. The van der Waals surface area contributed by atoms with Gasteiger partial charge in [0, 0.05) is 25.6 Å². The molecule has 1 heterocycles. The Balaban J connectivity index is 1.81. The summed E-state index contributed by atoms with van der Waals surface area (Å²) in [5.74, 6) is -3.98. The second-order valence-electron chi connectivity index (χ2n) is 16.3. The quantitative estimate of drug-likeness (QED) is 0.0542. The van der Waals surface area contributed by atoms with Gasteiger partial charge in [-0.1, -0.05) is 27.7 Å². The fourth-order valence-electron chi connectivity index (χ4n) is 5.72. The Kier molecular flexibility index (Phi) is 21.5. The van der Waals surface area contributed by atoms with Gasteiger partial charge in [-0.3, -0.25) is 39.6 Å². The molecule has 2 rings (SSSR count). The number of aliphatic hydroxyl groups excluding tert-OH is 3. The lowest BCUT2D eigenvalue weighted by Gasteiger charge is -2.40. The van der Waals surface area contributed by atoms with Crippen molar-refractivity contribution in [3.05, 3.63) is 23.8 Å². The minimum atomic E-state index is -1.67. The number of nitrogens with one attached hydrogen (secondary N) is 7. The van der Waals surface area contributed by atoms with E-state index in [9.17, 15) is 48.9 Å². The lowest BCUT2D eigenvalue weighted by atomic mass is 9.99. The number of alkyl carbamates (subject to hydrolysis) is 1. The number of hydrogen-bond donors (Lipinski definition) is 10. The van der Waals surface area contributed by atoms with Crippen LogP contribution in [0.2, 0.25) is 0 Å². The van der Waals surface area contributed by atoms with Crippen molar-refractivity contribution in [1.82, 2.24) is 32.1 Å². The van der Waals surface area contributed by atoms with E-state index in [-0.39, 0.29) is 62.3 Å². The maximum absolute atomic E-state index is 13.0. The highest BCUT2D eigenvalue weighted by atomic mass is 16.7. The molecule has 1 saturated heterocycles. The molecule has 0 radical (unpaired) electrons. The first-order valence-corrected chi connectivity index (χ1v) is 20.3. The van der Waals surface area contributed by atoms with Gasteiger partial charge in [0.2, 0.25) is 23.6 Å². The van der Waals surface area contributed by atoms with Gasteiger partial charge in [-0.15, -0.1) is 0 Å². The summed E-state index contributed by atoms with van der Waals surface area (Å²) in [6.45, 7) is 14.2. The molecule has 1 aromatic rings. The largest absolute Gasteiger partial charge is 0.496 e. The Hall–Kier alpha value is -5.13. The van der Waals surface area contributed by atoms with Crippen molar-refractivity contribution in [2.24, 2.45) is 11.8 Å². The molecule has 0 aliphatic carbocycles. The van der Waals surface area contributed by atoms with Crippen LogP contribution in [0.25, 0.3) is 0 Å². The number of carbonyl (C=O) groups excluding carboxylic acids is 7. The van der Waals surface area contributed by atoms with Gasteiger partial charge in [-0.25, -0.2) is 4.79 Å². The van der Waals surface area contributed by atoms with E-state index in [1.54, 1.807) is 48.5 Å². The molecule has 0 bridgehead atoms. The molecule has 350 valence electrons. The summed E-state index contributed by atoms with van der Waals surface area (Å²) in [6.07, 6.45) is -8.18. The highest BCUT2D eigenvalue weighted by Gasteiger charge is 2.44. The zero-order valence-electron chi connectivity index (χ0n) is 37.0. The van der Waals surface area contributed by atoms with Gasteiger partial charge in [0.15, 0.2) is 6.29 Å². The standard InChI is InChI=1S/C40H65N7O15/c1-20(2)29(45-34(53)22(5)42-39(57)62-40(7,8)9)36(55)41-15-11-16-60-38-33(52)32(51)31(50)27(61-38)19-59-17-14-28(49)44-30(21(3)4)37(56)47-46-35(54)25-18-24(43-23(6)48)12-13-26(25)58-10/h12-13,18,20-22,27,29-33,38,50-52H,11,14-17,19H2,1-10H3,(H,41,55)(H,42,57)(H,43,48)(H,44,49)(H,45,53)(H,46,54)(H,47,56)/t22-,27+,29-,30-,31+,32-,33+,38?/m0/s1. The third-order valence-electron chi connectivity index (χ3n) is 9.03. The molecule has 1 aromatic carbocycles. The van der Waals surface area contributed by atoms with Gasteiger partial charge in [0.25, 0.3) is 11.8 Å². The van der Waals surface area contributed by atoms with Gasteiger partial charge in [-0.05, 0) is 64.2 Å². The third kappa shape index (κ3) is 17.7. The van der Waals surface area contributed by atoms with Gasteiger partial charge in [-0.2, -0.15) is 0 Å². The van der Waals surface area contributed by atoms with Crippen molar-refractivity contribution < 1.29 is 72.6 Å². The number of ether oxygens (including phenoxy) is 5. The Labute approximate surface area is 361 Å². The number of hydrazine groups is 1. The van der Waals surface area contributed by atoms with Crippen LogP contribution in [0.3, 0.4) is 0 Å². The highest BCUT2D eigenvalue weighted by Crippen LogP contribution is 2.24. The summed E-state index contributed by atoms with van der Waals surface area (Å²) in [5, 5.41) is 44.4. The minimum Gasteiger partial charge on any atom is -0.496 e. The molecule has 62 heavy (non-hydrogen) atoms. The van der Waals surface area contributed by atoms with Crippen molar-refractivity contribution in [1.29, 1.82) is 0 Å². The van der Waals surface area contributed by atoms with E-state index < -0.39 is 96.0 Å². The van der Waals surface area contributed by atoms with E-state index in [0.717, 1.165) is 0 Å². The fourth-order valence-corrected chi connectivity index (χ4v) is 5.72. The van der Waals surface area contributed by atoms with Gasteiger partial charge in [0.1, 0.15) is 53.9 Å². The van der Waals surface area contributed by atoms with Crippen LogP contribution in [-0.4, -0.2) is 145 Å². The van der Waals surface area contributed by atoms with E-state index in [1.807, 2.05) is 0 Å². The predicted molar refractivity (Wildman–Crippen MR) is 221 cm³/mol. The molecular weight excluding hydrogens is 818 g/mol. The first kappa shape index (κ1) is 53.0. The molecule has 1 unspecified atom stereocenters. The fraction of sp³-hybridized carbons (Fsp3) is 0.675. The summed E-state index contributed by atoms with van der Waals surface area (Å²) in [4.78, 5) is 87.8. The average Bonchev–Trinajstić information content (AvgIpc) is 3.18. The Bertz CT molecular complexity index is 1690. The van der Waals surface area contributed by atoms with E-state index in [2.05, 4.69) is 37.4 Å². The van der Waals surface area contributed by atoms with Crippen LogP contribution < -0.4 is 42.2 Å². The van der Waals surface area contributed by atoms with E-state index in [1.165, 1.54) is 39.2 Å².